The topological polar surface area (TPSA) is 44.8 Å². The van der Waals surface area contributed by atoms with Crippen molar-refractivity contribution in [1.82, 2.24) is 0 Å². The van der Waals surface area contributed by atoms with Crippen LogP contribution in [0.3, 0.4) is 0 Å². The third kappa shape index (κ3) is 4.20. The molecule has 0 bridgehead atoms. The van der Waals surface area contributed by atoms with E-state index < -0.39 is 6.16 Å². The molecule has 24 heavy (non-hydrogen) atoms. The molecule has 0 saturated carbocycles. The summed E-state index contributed by atoms with van der Waals surface area (Å²) in [5.41, 5.74) is 4.05. The SMILES string of the molecule is CCc1cc(Cl)c(OCc2c(C)cccc2OC(=O)OC)cc1C. The molecule has 0 fully saturated rings. The first kappa shape index (κ1) is 18.1. The van der Waals surface area contributed by atoms with Crippen molar-refractivity contribution in [3.8, 4) is 11.5 Å². The number of carbonyl (C=O) groups excluding carboxylic acids is 1. The summed E-state index contributed by atoms with van der Waals surface area (Å²) in [5, 5.41) is 0.571. The van der Waals surface area contributed by atoms with Crippen LogP contribution in [0.15, 0.2) is 30.3 Å². The van der Waals surface area contributed by atoms with Crippen LogP contribution >= 0.6 is 11.6 Å². The van der Waals surface area contributed by atoms with E-state index in [4.69, 9.17) is 21.1 Å². The first-order valence-electron chi connectivity index (χ1n) is 7.72. The van der Waals surface area contributed by atoms with Gasteiger partial charge in [-0.05, 0) is 55.2 Å². The monoisotopic (exact) mass is 348 g/mol. The van der Waals surface area contributed by atoms with Crippen molar-refractivity contribution in [3.63, 3.8) is 0 Å². The van der Waals surface area contributed by atoms with Gasteiger partial charge < -0.3 is 14.2 Å². The minimum absolute atomic E-state index is 0.240. The lowest BCUT2D eigenvalue weighted by Gasteiger charge is -2.15. The Bertz CT molecular complexity index is 740. The number of benzene rings is 2. The fourth-order valence-electron chi connectivity index (χ4n) is 2.43. The van der Waals surface area contributed by atoms with Gasteiger partial charge in [0.15, 0.2) is 0 Å². The molecular weight excluding hydrogens is 328 g/mol. The second kappa shape index (κ2) is 8.06. The van der Waals surface area contributed by atoms with E-state index >= 15 is 0 Å². The van der Waals surface area contributed by atoms with Gasteiger partial charge in [-0.3, -0.25) is 0 Å². The lowest BCUT2D eigenvalue weighted by Crippen LogP contribution is -2.10. The van der Waals surface area contributed by atoms with Crippen LogP contribution in [0.4, 0.5) is 4.79 Å². The summed E-state index contributed by atoms with van der Waals surface area (Å²) in [7, 11) is 1.27. The zero-order chi connectivity index (χ0) is 17.7. The molecule has 5 heteroatoms. The van der Waals surface area contributed by atoms with Gasteiger partial charge in [-0.25, -0.2) is 4.79 Å². The lowest BCUT2D eigenvalue weighted by molar-refractivity contribution is 0.120. The summed E-state index contributed by atoms with van der Waals surface area (Å²) in [4.78, 5) is 11.4. The summed E-state index contributed by atoms with van der Waals surface area (Å²) in [6.07, 6.45) is 0.156. The van der Waals surface area contributed by atoms with Crippen LogP contribution in [0.1, 0.15) is 29.2 Å². The van der Waals surface area contributed by atoms with Crippen LogP contribution < -0.4 is 9.47 Å². The molecule has 4 nitrogen and oxygen atoms in total. The molecule has 0 aromatic heterocycles. The highest BCUT2D eigenvalue weighted by atomic mass is 35.5. The Kier molecular flexibility index (Phi) is 6.10. The van der Waals surface area contributed by atoms with Crippen LogP contribution in [0.25, 0.3) is 0 Å². The van der Waals surface area contributed by atoms with E-state index in [2.05, 4.69) is 11.7 Å². The average Bonchev–Trinajstić information content (AvgIpc) is 2.56. The summed E-state index contributed by atoms with van der Waals surface area (Å²) < 4.78 is 15.6. The Hall–Kier alpha value is -2.20. The van der Waals surface area contributed by atoms with E-state index in [1.165, 1.54) is 12.7 Å². The Morgan fingerprint density at radius 2 is 1.88 bits per heavy atom. The highest BCUT2D eigenvalue weighted by Crippen LogP contribution is 2.31. The zero-order valence-electron chi connectivity index (χ0n) is 14.3. The lowest BCUT2D eigenvalue weighted by atomic mass is 10.1. The van der Waals surface area contributed by atoms with E-state index in [1.807, 2.05) is 38.1 Å². The number of methoxy groups -OCH3 is 1. The molecule has 0 saturated heterocycles. The van der Waals surface area contributed by atoms with Crippen molar-refractivity contribution in [2.45, 2.75) is 33.8 Å². The van der Waals surface area contributed by atoms with Crippen molar-refractivity contribution in [2.24, 2.45) is 0 Å². The molecule has 0 spiro atoms. The predicted octanol–water partition coefficient (Wildman–Crippen LogP) is 5.24. The number of aryl methyl sites for hydroxylation is 3. The molecule has 0 heterocycles. The fraction of sp³-hybridized carbons (Fsp3) is 0.316. The number of halogens is 1. The highest BCUT2D eigenvalue weighted by Gasteiger charge is 2.13. The van der Waals surface area contributed by atoms with Gasteiger partial charge in [0.2, 0.25) is 0 Å². The molecule has 2 rings (SSSR count). The van der Waals surface area contributed by atoms with Crippen molar-refractivity contribution in [3.05, 3.63) is 57.6 Å². The number of ether oxygens (including phenoxy) is 3. The maximum Gasteiger partial charge on any atom is 0.513 e. The minimum atomic E-state index is -0.761. The van der Waals surface area contributed by atoms with E-state index in [0.29, 0.717) is 16.5 Å². The Morgan fingerprint density at radius 3 is 2.54 bits per heavy atom. The van der Waals surface area contributed by atoms with E-state index in [9.17, 15) is 4.79 Å². The predicted molar refractivity (Wildman–Crippen MR) is 94.1 cm³/mol. The fourth-order valence-corrected chi connectivity index (χ4v) is 2.67. The highest BCUT2D eigenvalue weighted by molar-refractivity contribution is 6.32. The number of rotatable bonds is 5. The number of hydrogen-bond acceptors (Lipinski definition) is 4. The van der Waals surface area contributed by atoms with Crippen molar-refractivity contribution in [1.29, 1.82) is 0 Å². The van der Waals surface area contributed by atoms with Crippen LogP contribution in [-0.4, -0.2) is 13.3 Å². The van der Waals surface area contributed by atoms with Gasteiger partial charge in [0.05, 0.1) is 12.1 Å². The molecule has 0 amide bonds. The second-order valence-corrected chi connectivity index (χ2v) is 5.87. The molecule has 0 unspecified atom stereocenters. The Morgan fingerprint density at radius 1 is 1.12 bits per heavy atom. The van der Waals surface area contributed by atoms with E-state index in [1.54, 1.807) is 6.07 Å². The van der Waals surface area contributed by atoms with Gasteiger partial charge in [-0.2, -0.15) is 0 Å². The molecule has 0 aliphatic heterocycles. The molecule has 0 atom stereocenters. The molecule has 128 valence electrons. The van der Waals surface area contributed by atoms with Gasteiger partial charge in [-0.15, -0.1) is 0 Å². The van der Waals surface area contributed by atoms with Crippen molar-refractivity contribution >= 4 is 17.8 Å². The van der Waals surface area contributed by atoms with E-state index in [0.717, 1.165) is 23.1 Å². The van der Waals surface area contributed by atoms with Gasteiger partial charge in [0.1, 0.15) is 18.1 Å². The normalized spacial score (nSPS) is 10.4. The maximum atomic E-state index is 11.4. The smallest absolute Gasteiger partial charge is 0.487 e. The van der Waals surface area contributed by atoms with Crippen LogP contribution in [-0.2, 0) is 17.8 Å². The molecule has 0 N–H and O–H groups in total. The quantitative estimate of drug-likeness (QED) is 0.547. The molecule has 2 aromatic carbocycles. The van der Waals surface area contributed by atoms with Crippen LogP contribution in [0.2, 0.25) is 5.02 Å². The number of carbonyl (C=O) groups is 1. The number of hydrogen-bond donors (Lipinski definition) is 0. The third-order valence-corrected chi connectivity index (χ3v) is 4.17. The molecule has 0 aliphatic rings. The standard InChI is InChI=1S/C19H21ClO4/c1-5-14-10-16(20)18(9-13(14)3)23-11-15-12(2)7-6-8-17(15)24-19(21)22-4/h6-10H,5,11H2,1-4H3. The van der Waals surface area contributed by atoms with E-state index in [-0.39, 0.29) is 6.61 Å². The van der Waals surface area contributed by atoms with Gasteiger partial charge in [0, 0.05) is 5.56 Å². The second-order valence-electron chi connectivity index (χ2n) is 5.46. The minimum Gasteiger partial charge on any atom is -0.487 e. The average molecular weight is 349 g/mol. The molecule has 2 aromatic rings. The largest absolute Gasteiger partial charge is 0.513 e. The Balaban J connectivity index is 2.23. The first-order valence-corrected chi connectivity index (χ1v) is 8.10. The zero-order valence-corrected chi connectivity index (χ0v) is 15.1. The summed E-state index contributed by atoms with van der Waals surface area (Å²) in [6.45, 7) is 6.28. The van der Waals surface area contributed by atoms with Gasteiger partial charge in [0.25, 0.3) is 0 Å². The van der Waals surface area contributed by atoms with Gasteiger partial charge in [-0.1, -0.05) is 30.7 Å². The Labute approximate surface area is 147 Å². The summed E-state index contributed by atoms with van der Waals surface area (Å²) in [6, 6.07) is 9.30. The maximum absolute atomic E-state index is 11.4. The first-order chi connectivity index (χ1) is 11.5. The third-order valence-electron chi connectivity index (χ3n) is 3.87. The molecule has 0 radical (unpaired) electrons. The molecular formula is C19H21ClO4. The van der Waals surface area contributed by atoms with Gasteiger partial charge >= 0.3 is 6.16 Å². The summed E-state index contributed by atoms with van der Waals surface area (Å²) in [5.74, 6) is 1.03. The molecule has 0 aliphatic carbocycles. The van der Waals surface area contributed by atoms with Crippen LogP contribution in [0, 0.1) is 13.8 Å². The van der Waals surface area contributed by atoms with Crippen molar-refractivity contribution < 1.29 is 19.0 Å². The van der Waals surface area contributed by atoms with Crippen molar-refractivity contribution in [2.75, 3.05) is 7.11 Å². The summed E-state index contributed by atoms with van der Waals surface area (Å²) >= 11 is 6.30. The van der Waals surface area contributed by atoms with Crippen LogP contribution in [0.5, 0.6) is 11.5 Å².